The summed E-state index contributed by atoms with van der Waals surface area (Å²) in [5, 5.41) is 0. The Bertz CT molecular complexity index is 1360. The van der Waals surface area contributed by atoms with E-state index in [1.54, 1.807) is 0 Å². The molecule has 0 aliphatic carbocycles. The smallest absolute Gasteiger partial charge is 0.306 e. The summed E-state index contributed by atoms with van der Waals surface area (Å²) in [6, 6.07) is 0. The van der Waals surface area contributed by atoms with Crippen LogP contribution in [0.15, 0.2) is 48.6 Å². The number of carbonyl (C=O) groups is 3. The van der Waals surface area contributed by atoms with E-state index in [1.807, 2.05) is 0 Å². The minimum atomic E-state index is -0.774. The van der Waals surface area contributed by atoms with Crippen molar-refractivity contribution in [3.8, 4) is 0 Å². The summed E-state index contributed by atoms with van der Waals surface area (Å²) in [5.74, 6) is -0.854. The Balaban J connectivity index is 4.11. The van der Waals surface area contributed by atoms with Crippen molar-refractivity contribution in [1.29, 1.82) is 0 Å². The molecule has 0 bridgehead atoms. The Labute approximate surface area is 492 Å². The van der Waals surface area contributed by atoms with Crippen molar-refractivity contribution in [2.45, 2.75) is 386 Å². The first-order chi connectivity index (χ1) is 39.0. The molecule has 0 radical (unpaired) electrons. The summed E-state index contributed by atoms with van der Waals surface area (Å²) in [4.78, 5) is 38.3. The van der Waals surface area contributed by atoms with Gasteiger partial charge in [-0.1, -0.05) is 326 Å². The summed E-state index contributed by atoms with van der Waals surface area (Å²) in [5.41, 5.74) is 0. The second kappa shape index (κ2) is 67.9. The van der Waals surface area contributed by atoms with Gasteiger partial charge < -0.3 is 14.2 Å². The van der Waals surface area contributed by atoms with E-state index in [2.05, 4.69) is 69.4 Å². The molecule has 0 N–H and O–H groups in total. The SMILES string of the molecule is CCCCCCC/C=C\C/C=C\C/C=C\CCCCCCCCCCCCCCCCCCCCC(=O)OCC(COC(=O)CCCCCCCCCCCCCCCC)OC(=O)CCCCCCC/C=C\CCCCCCC. The largest absolute Gasteiger partial charge is 0.462 e. The molecule has 0 aromatic rings. The third-order valence-corrected chi connectivity index (χ3v) is 15.8. The van der Waals surface area contributed by atoms with Gasteiger partial charge in [-0.05, 0) is 83.5 Å². The maximum absolute atomic E-state index is 12.9. The number of rotatable bonds is 65. The zero-order chi connectivity index (χ0) is 57.1. The highest BCUT2D eigenvalue weighted by molar-refractivity contribution is 5.71. The van der Waals surface area contributed by atoms with Crippen LogP contribution in [0, 0.1) is 0 Å². The molecule has 6 nitrogen and oxygen atoms in total. The number of allylic oxidation sites excluding steroid dienone is 8. The molecule has 0 saturated heterocycles. The first-order valence-electron chi connectivity index (χ1n) is 35.1. The fourth-order valence-corrected chi connectivity index (χ4v) is 10.5. The number of esters is 3. The van der Waals surface area contributed by atoms with Crippen molar-refractivity contribution < 1.29 is 28.6 Å². The Kier molecular flexibility index (Phi) is 65.6. The number of carbonyl (C=O) groups excluding carboxylic acids is 3. The van der Waals surface area contributed by atoms with Crippen molar-refractivity contribution in [3.05, 3.63) is 48.6 Å². The fourth-order valence-electron chi connectivity index (χ4n) is 10.5. The van der Waals surface area contributed by atoms with E-state index in [9.17, 15) is 14.4 Å². The quantitative estimate of drug-likeness (QED) is 0.0261. The summed E-state index contributed by atoms with van der Waals surface area (Å²) in [6.07, 6.45) is 85.7. The molecule has 0 aromatic heterocycles. The van der Waals surface area contributed by atoms with Gasteiger partial charge in [-0.15, -0.1) is 0 Å². The van der Waals surface area contributed by atoms with Crippen LogP contribution in [-0.4, -0.2) is 37.2 Å². The van der Waals surface area contributed by atoms with Gasteiger partial charge in [0, 0.05) is 19.3 Å². The molecular weight excluding hydrogens is 973 g/mol. The predicted octanol–water partition coefficient (Wildman–Crippen LogP) is 24.1. The zero-order valence-electron chi connectivity index (χ0n) is 53.2. The maximum atomic E-state index is 12.9. The van der Waals surface area contributed by atoms with Crippen LogP contribution in [-0.2, 0) is 28.6 Å². The third kappa shape index (κ3) is 66.1. The van der Waals surface area contributed by atoms with E-state index < -0.39 is 6.10 Å². The first-order valence-corrected chi connectivity index (χ1v) is 35.1. The second-order valence-electron chi connectivity index (χ2n) is 23.8. The van der Waals surface area contributed by atoms with Crippen LogP contribution in [0.5, 0.6) is 0 Å². The monoisotopic (exact) mass is 1110 g/mol. The summed E-state index contributed by atoms with van der Waals surface area (Å²) in [6.45, 7) is 6.67. The molecule has 0 fully saturated rings. The van der Waals surface area contributed by atoms with Gasteiger partial charge in [0.05, 0.1) is 0 Å². The van der Waals surface area contributed by atoms with Gasteiger partial charge in [0.2, 0.25) is 0 Å². The molecule has 79 heavy (non-hydrogen) atoms. The predicted molar refractivity (Wildman–Crippen MR) is 344 cm³/mol. The number of unbranched alkanes of at least 4 members (excludes halogenated alkanes) is 46. The van der Waals surface area contributed by atoms with E-state index in [-0.39, 0.29) is 31.1 Å². The van der Waals surface area contributed by atoms with Gasteiger partial charge in [-0.2, -0.15) is 0 Å². The van der Waals surface area contributed by atoms with Crippen LogP contribution in [0.2, 0.25) is 0 Å². The lowest BCUT2D eigenvalue weighted by Gasteiger charge is -2.18. The highest BCUT2D eigenvalue weighted by Gasteiger charge is 2.19. The third-order valence-electron chi connectivity index (χ3n) is 15.8. The lowest BCUT2D eigenvalue weighted by molar-refractivity contribution is -0.167. The number of hydrogen-bond acceptors (Lipinski definition) is 6. The van der Waals surface area contributed by atoms with Gasteiger partial charge in [0.25, 0.3) is 0 Å². The van der Waals surface area contributed by atoms with Crippen molar-refractivity contribution in [2.24, 2.45) is 0 Å². The van der Waals surface area contributed by atoms with E-state index >= 15 is 0 Å². The normalized spacial score (nSPS) is 12.3. The molecule has 1 atom stereocenters. The average molecular weight is 1110 g/mol. The molecule has 0 heterocycles. The molecule has 462 valence electrons. The van der Waals surface area contributed by atoms with Crippen LogP contribution < -0.4 is 0 Å². The topological polar surface area (TPSA) is 78.9 Å². The molecular formula is C73H134O6. The second-order valence-corrected chi connectivity index (χ2v) is 23.8. The van der Waals surface area contributed by atoms with E-state index in [0.717, 1.165) is 77.0 Å². The first kappa shape index (κ1) is 76.4. The Hall–Kier alpha value is -2.63. The molecule has 0 rings (SSSR count). The number of ether oxygens (including phenoxy) is 3. The van der Waals surface area contributed by atoms with Crippen molar-refractivity contribution in [3.63, 3.8) is 0 Å². The molecule has 6 heteroatoms. The number of hydrogen-bond donors (Lipinski definition) is 0. The van der Waals surface area contributed by atoms with Crippen LogP contribution in [0.1, 0.15) is 380 Å². The highest BCUT2D eigenvalue weighted by Crippen LogP contribution is 2.18. The molecule has 0 aliphatic heterocycles. The molecule has 0 aromatic carbocycles. The Morgan fingerprint density at radius 1 is 0.253 bits per heavy atom. The summed E-state index contributed by atoms with van der Waals surface area (Å²) < 4.78 is 16.9. The van der Waals surface area contributed by atoms with Crippen LogP contribution in [0.25, 0.3) is 0 Å². The van der Waals surface area contributed by atoms with Gasteiger partial charge in [-0.3, -0.25) is 14.4 Å². The van der Waals surface area contributed by atoms with Gasteiger partial charge in [0.15, 0.2) is 6.10 Å². The van der Waals surface area contributed by atoms with Crippen LogP contribution >= 0.6 is 0 Å². The maximum Gasteiger partial charge on any atom is 0.306 e. The highest BCUT2D eigenvalue weighted by atomic mass is 16.6. The van der Waals surface area contributed by atoms with E-state index in [1.165, 1.54) is 263 Å². The van der Waals surface area contributed by atoms with Gasteiger partial charge in [0.1, 0.15) is 13.2 Å². The average Bonchev–Trinajstić information content (AvgIpc) is 3.45. The Morgan fingerprint density at radius 2 is 0.456 bits per heavy atom. The molecule has 0 aliphatic rings. The minimum Gasteiger partial charge on any atom is -0.462 e. The lowest BCUT2D eigenvalue weighted by Crippen LogP contribution is -2.30. The Morgan fingerprint density at radius 3 is 0.722 bits per heavy atom. The fraction of sp³-hybridized carbons (Fsp3) is 0.849. The van der Waals surface area contributed by atoms with Gasteiger partial charge >= 0.3 is 17.9 Å². The molecule has 0 saturated carbocycles. The minimum absolute atomic E-state index is 0.0706. The van der Waals surface area contributed by atoms with E-state index in [0.29, 0.717) is 19.3 Å². The van der Waals surface area contributed by atoms with Crippen molar-refractivity contribution in [1.82, 2.24) is 0 Å². The van der Waals surface area contributed by atoms with Gasteiger partial charge in [-0.25, -0.2) is 0 Å². The summed E-state index contributed by atoms with van der Waals surface area (Å²) in [7, 11) is 0. The molecule has 0 spiro atoms. The van der Waals surface area contributed by atoms with Crippen LogP contribution in [0.4, 0.5) is 0 Å². The zero-order valence-corrected chi connectivity index (χ0v) is 53.2. The van der Waals surface area contributed by atoms with E-state index in [4.69, 9.17) is 14.2 Å². The summed E-state index contributed by atoms with van der Waals surface area (Å²) >= 11 is 0. The van der Waals surface area contributed by atoms with Crippen molar-refractivity contribution >= 4 is 17.9 Å². The molecule has 1 unspecified atom stereocenters. The van der Waals surface area contributed by atoms with Crippen molar-refractivity contribution in [2.75, 3.05) is 13.2 Å². The standard InChI is InChI=1S/C73H134O6/c1-4-7-10-13-16-19-22-25-28-29-30-31-32-33-34-35-36-37-38-39-40-41-42-43-44-45-46-49-51-54-57-60-63-66-72(75)78-69-70(79-73(76)67-64-61-58-55-52-48-27-24-21-18-15-12-9-6-3)68-77-71(74)65-62-59-56-53-50-47-26-23-20-17-14-11-8-5-2/h22,24-25,27,29-30,32-33,70H,4-21,23,26,28,31,34-69H2,1-3H3/b25-22-,27-24-,30-29-,33-32-. The molecule has 0 amide bonds. The lowest BCUT2D eigenvalue weighted by atomic mass is 10.0. The van der Waals surface area contributed by atoms with Crippen LogP contribution in [0.3, 0.4) is 0 Å².